The summed E-state index contributed by atoms with van der Waals surface area (Å²) in [5.74, 6) is 0. The van der Waals surface area contributed by atoms with E-state index in [0.717, 1.165) is 13.1 Å². The van der Waals surface area contributed by atoms with Crippen molar-refractivity contribution in [2.45, 2.75) is 13.8 Å². The van der Waals surface area contributed by atoms with Gasteiger partial charge in [0.25, 0.3) is 0 Å². The minimum atomic E-state index is 1.06. The second-order valence-electron chi connectivity index (χ2n) is 4.42. The lowest BCUT2D eigenvalue weighted by Crippen LogP contribution is -2.21. The molecule has 0 aliphatic carbocycles. The van der Waals surface area contributed by atoms with Crippen molar-refractivity contribution < 1.29 is 0 Å². The zero-order valence-electron chi connectivity index (χ0n) is 10.8. The van der Waals surface area contributed by atoms with Crippen LogP contribution in [-0.4, -0.2) is 13.1 Å². The van der Waals surface area contributed by atoms with Crippen LogP contribution in [0.3, 0.4) is 0 Å². The molecular formula is C16H17NS. The molecule has 1 heterocycles. The van der Waals surface area contributed by atoms with E-state index in [9.17, 15) is 0 Å². The van der Waals surface area contributed by atoms with Crippen molar-refractivity contribution in [1.29, 1.82) is 0 Å². The molecule has 0 radical (unpaired) electrons. The summed E-state index contributed by atoms with van der Waals surface area (Å²) >= 11 is 1.89. The van der Waals surface area contributed by atoms with E-state index in [1.54, 1.807) is 0 Å². The molecule has 0 bridgehead atoms. The van der Waals surface area contributed by atoms with Gasteiger partial charge in [0, 0.05) is 38.9 Å². The molecule has 0 N–H and O–H groups in total. The molecule has 0 amide bonds. The summed E-state index contributed by atoms with van der Waals surface area (Å²) in [4.78, 5) is 2.43. The van der Waals surface area contributed by atoms with Crippen LogP contribution in [0.4, 0.5) is 5.69 Å². The molecule has 0 saturated carbocycles. The third-order valence-electron chi connectivity index (χ3n) is 3.48. The lowest BCUT2D eigenvalue weighted by molar-refractivity contribution is 0.871. The Labute approximate surface area is 112 Å². The molecule has 1 nitrogen and oxygen atoms in total. The molecule has 18 heavy (non-hydrogen) atoms. The summed E-state index contributed by atoms with van der Waals surface area (Å²) in [5, 5.41) is 2.81. The monoisotopic (exact) mass is 255 g/mol. The molecule has 0 aliphatic rings. The summed E-state index contributed by atoms with van der Waals surface area (Å²) in [5.41, 5.74) is 1.37. The SMILES string of the molecule is CCN(CC)c1cccc2sc3ccccc3c12. The van der Waals surface area contributed by atoms with E-state index >= 15 is 0 Å². The second-order valence-corrected chi connectivity index (χ2v) is 5.50. The maximum absolute atomic E-state index is 2.43. The van der Waals surface area contributed by atoms with Crippen LogP contribution in [0.1, 0.15) is 13.8 Å². The van der Waals surface area contributed by atoms with Crippen molar-refractivity contribution in [3.05, 3.63) is 42.5 Å². The fourth-order valence-corrected chi connectivity index (χ4v) is 3.71. The zero-order valence-corrected chi connectivity index (χ0v) is 11.6. The van der Waals surface area contributed by atoms with Crippen LogP contribution in [0, 0.1) is 0 Å². The van der Waals surface area contributed by atoms with E-state index in [1.807, 2.05) is 11.3 Å². The van der Waals surface area contributed by atoms with Gasteiger partial charge in [-0.15, -0.1) is 11.3 Å². The summed E-state index contributed by atoms with van der Waals surface area (Å²) in [6.45, 7) is 6.55. The minimum absolute atomic E-state index is 1.06. The third-order valence-corrected chi connectivity index (χ3v) is 4.62. The zero-order chi connectivity index (χ0) is 12.5. The Hall–Kier alpha value is -1.54. The maximum Gasteiger partial charge on any atom is 0.0460 e. The molecule has 2 heteroatoms. The molecule has 3 aromatic rings. The fraction of sp³-hybridized carbons (Fsp3) is 0.250. The van der Waals surface area contributed by atoms with Crippen LogP contribution < -0.4 is 4.90 Å². The highest BCUT2D eigenvalue weighted by Gasteiger charge is 2.11. The summed E-state index contributed by atoms with van der Waals surface area (Å²) < 4.78 is 2.77. The molecule has 1 aromatic heterocycles. The van der Waals surface area contributed by atoms with Crippen LogP contribution in [0.15, 0.2) is 42.5 Å². The van der Waals surface area contributed by atoms with Crippen molar-refractivity contribution in [3.8, 4) is 0 Å². The van der Waals surface area contributed by atoms with E-state index < -0.39 is 0 Å². The first-order valence-electron chi connectivity index (χ1n) is 6.50. The van der Waals surface area contributed by atoms with Crippen LogP contribution >= 0.6 is 11.3 Å². The largest absolute Gasteiger partial charge is 0.372 e. The van der Waals surface area contributed by atoms with Crippen molar-refractivity contribution in [3.63, 3.8) is 0 Å². The first kappa shape index (κ1) is 11.5. The first-order valence-corrected chi connectivity index (χ1v) is 7.32. The molecule has 0 unspecified atom stereocenters. The molecule has 0 atom stereocenters. The smallest absolute Gasteiger partial charge is 0.0460 e. The number of rotatable bonds is 3. The van der Waals surface area contributed by atoms with Gasteiger partial charge in [0.05, 0.1) is 0 Å². The normalized spacial score (nSPS) is 11.2. The van der Waals surface area contributed by atoms with Gasteiger partial charge in [0.2, 0.25) is 0 Å². The van der Waals surface area contributed by atoms with Gasteiger partial charge in [-0.2, -0.15) is 0 Å². The number of hydrogen-bond donors (Lipinski definition) is 0. The van der Waals surface area contributed by atoms with Gasteiger partial charge in [-0.05, 0) is 32.0 Å². The van der Waals surface area contributed by atoms with Gasteiger partial charge in [-0.1, -0.05) is 24.3 Å². The van der Waals surface area contributed by atoms with E-state index in [-0.39, 0.29) is 0 Å². The number of anilines is 1. The standard InChI is InChI=1S/C16H17NS/c1-3-17(4-2)13-9-7-11-15-16(13)12-8-5-6-10-14(12)18-15/h5-11H,3-4H2,1-2H3. The lowest BCUT2D eigenvalue weighted by atomic mass is 10.1. The van der Waals surface area contributed by atoms with Gasteiger partial charge in [-0.25, -0.2) is 0 Å². The predicted octanol–water partition coefficient (Wildman–Crippen LogP) is 4.90. The summed E-state index contributed by atoms with van der Waals surface area (Å²) in [6.07, 6.45) is 0. The van der Waals surface area contributed by atoms with Crippen molar-refractivity contribution in [2.75, 3.05) is 18.0 Å². The molecule has 92 valence electrons. The van der Waals surface area contributed by atoms with Crippen LogP contribution in [0.5, 0.6) is 0 Å². The van der Waals surface area contributed by atoms with Crippen molar-refractivity contribution in [1.82, 2.24) is 0 Å². The summed E-state index contributed by atoms with van der Waals surface area (Å²) in [6, 6.07) is 15.3. The Morgan fingerprint density at radius 3 is 2.39 bits per heavy atom. The average molecular weight is 255 g/mol. The maximum atomic E-state index is 2.43. The number of hydrogen-bond acceptors (Lipinski definition) is 2. The topological polar surface area (TPSA) is 3.24 Å². The molecule has 0 spiro atoms. The third kappa shape index (κ3) is 1.68. The number of benzene rings is 2. The Balaban J connectivity index is 2.38. The fourth-order valence-electron chi connectivity index (χ4n) is 2.58. The predicted molar refractivity (Wildman–Crippen MR) is 82.9 cm³/mol. The average Bonchev–Trinajstić information content (AvgIpc) is 2.79. The second kappa shape index (κ2) is 4.62. The highest BCUT2D eigenvalue weighted by atomic mass is 32.1. The first-order chi connectivity index (χ1) is 8.85. The molecule has 0 fully saturated rings. The van der Waals surface area contributed by atoms with Crippen LogP contribution in [0.25, 0.3) is 20.2 Å². The Morgan fingerprint density at radius 1 is 0.889 bits per heavy atom. The Kier molecular flexibility index (Phi) is 2.96. The molecule has 0 aliphatic heterocycles. The van der Waals surface area contributed by atoms with Gasteiger partial charge in [0.1, 0.15) is 0 Å². The van der Waals surface area contributed by atoms with E-state index in [2.05, 4.69) is 61.2 Å². The highest BCUT2D eigenvalue weighted by Crippen LogP contribution is 2.39. The van der Waals surface area contributed by atoms with Gasteiger partial charge in [0.15, 0.2) is 0 Å². The Bertz CT molecular complexity index is 680. The molecule has 0 saturated heterocycles. The minimum Gasteiger partial charge on any atom is -0.372 e. The Morgan fingerprint density at radius 2 is 1.61 bits per heavy atom. The van der Waals surface area contributed by atoms with Crippen LogP contribution in [0.2, 0.25) is 0 Å². The number of nitrogens with zero attached hydrogens (tertiary/aromatic N) is 1. The van der Waals surface area contributed by atoms with Crippen LogP contribution in [-0.2, 0) is 0 Å². The highest BCUT2D eigenvalue weighted by molar-refractivity contribution is 7.25. The number of thiophene rings is 1. The molecular weight excluding hydrogens is 238 g/mol. The molecule has 3 rings (SSSR count). The molecule has 2 aromatic carbocycles. The van der Waals surface area contributed by atoms with Crippen molar-refractivity contribution in [2.24, 2.45) is 0 Å². The van der Waals surface area contributed by atoms with E-state index in [1.165, 1.54) is 25.9 Å². The van der Waals surface area contributed by atoms with E-state index in [0.29, 0.717) is 0 Å². The number of fused-ring (bicyclic) bond motifs is 3. The van der Waals surface area contributed by atoms with Crippen molar-refractivity contribution >= 4 is 37.2 Å². The quantitative estimate of drug-likeness (QED) is 0.643. The summed E-state index contributed by atoms with van der Waals surface area (Å²) in [7, 11) is 0. The van der Waals surface area contributed by atoms with Gasteiger partial charge >= 0.3 is 0 Å². The van der Waals surface area contributed by atoms with E-state index in [4.69, 9.17) is 0 Å². The lowest BCUT2D eigenvalue weighted by Gasteiger charge is -2.22. The van der Waals surface area contributed by atoms with Gasteiger partial charge in [-0.3, -0.25) is 0 Å². The van der Waals surface area contributed by atoms with Gasteiger partial charge < -0.3 is 4.90 Å².